The zero-order valence-corrected chi connectivity index (χ0v) is 13.1. The second kappa shape index (κ2) is 7.79. The average Bonchev–Trinajstić information content (AvgIpc) is 2.92. The van der Waals surface area contributed by atoms with Crippen LogP contribution >= 0.6 is 23.4 Å². The van der Waals surface area contributed by atoms with Crippen LogP contribution in [0, 0.1) is 0 Å². The summed E-state index contributed by atoms with van der Waals surface area (Å²) in [5.74, 6) is 1.11. The van der Waals surface area contributed by atoms with Crippen LogP contribution in [0.15, 0.2) is 18.2 Å². The Hall–Kier alpha value is -0.870. The molecule has 1 aliphatic carbocycles. The van der Waals surface area contributed by atoms with Gasteiger partial charge in [-0.15, -0.1) is 0 Å². The van der Waals surface area contributed by atoms with Gasteiger partial charge in [0.1, 0.15) is 0 Å². The molecule has 1 aromatic carbocycles. The molecular weight excluding hydrogens is 292 g/mol. The number of hydrogen-bond donors (Lipinski definition) is 2. The van der Waals surface area contributed by atoms with Crippen LogP contribution in [0.5, 0.6) is 0 Å². The van der Waals surface area contributed by atoms with Gasteiger partial charge >= 0.3 is 0 Å². The van der Waals surface area contributed by atoms with Gasteiger partial charge in [-0.25, -0.2) is 0 Å². The Balaban J connectivity index is 1.65. The third kappa shape index (κ3) is 4.91. The lowest BCUT2D eigenvalue weighted by Gasteiger charge is -2.09. The van der Waals surface area contributed by atoms with E-state index in [0.717, 1.165) is 17.4 Å². The first-order chi connectivity index (χ1) is 9.65. The number of nitrogens with one attached hydrogen (secondary N) is 1. The van der Waals surface area contributed by atoms with Gasteiger partial charge in [-0.05, 0) is 43.2 Å². The molecule has 3 nitrogen and oxygen atoms in total. The minimum absolute atomic E-state index is 0.0405. The summed E-state index contributed by atoms with van der Waals surface area (Å²) in [7, 11) is 0. The maximum Gasteiger partial charge on any atom is 0.224 e. The van der Waals surface area contributed by atoms with Crippen LogP contribution in [0.1, 0.15) is 38.5 Å². The largest absolute Gasteiger partial charge is 0.397 e. The smallest absolute Gasteiger partial charge is 0.224 e. The number of nitrogen functional groups attached to an aromatic ring is 1. The fourth-order valence-corrected chi connectivity index (χ4v) is 3.81. The van der Waals surface area contributed by atoms with Gasteiger partial charge in [-0.1, -0.05) is 24.4 Å². The molecule has 1 saturated carbocycles. The van der Waals surface area contributed by atoms with E-state index >= 15 is 0 Å². The highest BCUT2D eigenvalue weighted by Crippen LogP contribution is 2.29. The van der Waals surface area contributed by atoms with E-state index in [1.54, 1.807) is 18.2 Å². The lowest BCUT2D eigenvalue weighted by atomic mass is 10.2. The predicted octanol–water partition coefficient (Wildman–Crippen LogP) is 4.32. The number of nitrogens with two attached hydrogens (primary N) is 1. The second-order valence-electron chi connectivity index (χ2n) is 5.17. The van der Waals surface area contributed by atoms with E-state index in [4.69, 9.17) is 17.3 Å². The number of carbonyl (C=O) groups is 1. The Labute approximate surface area is 129 Å². The van der Waals surface area contributed by atoms with Gasteiger partial charge < -0.3 is 11.1 Å². The number of benzene rings is 1. The summed E-state index contributed by atoms with van der Waals surface area (Å²) in [5, 5.41) is 4.19. The summed E-state index contributed by atoms with van der Waals surface area (Å²) < 4.78 is 0. The van der Waals surface area contributed by atoms with E-state index in [1.165, 1.54) is 25.7 Å². The number of hydrogen-bond acceptors (Lipinski definition) is 3. The van der Waals surface area contributed by atoms with Crippen LogP contribution in [0.2, 0.25) is 5.02 Å². The molecule has 0 aliphatic heterocycles. The van der Waals surface area contributed by atoms with E-state index in [9.17, 15) is 4.79 Å². The lowest BCUT2D eigenvalue weighted by molar-refractivity contribution is -0.116. The molecule has 1 aromatic rings. The van der Waals surface area contributed by atoms with Crippen molar-refractivity contribution >= 4 is 40.6 Å². The fraction of sp³-hybridized carbons (Fsp3) is 0.533. The van der Waals surface area contributed by atoms with Crippen LogP contribution in [0.25, 0.3) is 0 Å². The molecule has 0 radical (unpaired) electrons. The normalized spacial score (nSPS) is 15.4. The molecule has 0 aromatic heterocycles. The van der Waals surface area contributed by atoms with Gasteiger partial charge in [0.15, 0.2) is 0 Å². The van der Waals surface area contributed by atoms with Gasteiger partial charge in [0.05, 0.1) is 10.7 Å². The third-order valence-corrected chi connectivity index (χ3v) is 5.30. The molecule has 0 bridgehead atoms. The maximum atomic E-state index is 11.8. The number of halogens is 1. The first kappa shape index (κ1) is 15.5. The van der Waals surface area contributed by atoms with Crippen LogP contribution < -0.4 is 11.1 Å². The fourth-order valence-electron chi connectivity index (χ4n) is 2.38. The molecule has 1 fully saturated rings. The maximum absolute atomic E-state index is 11.8. The number of carbonyl (C=O) groups excluding carboxylic acids is 1. The summed E-state index contributed by atoms with van der Waals surface area (Å²) in [5.41, 5.74) is 6.90. The van der Waals surface area contributed by atoms with Gasteiger partial charge in [0.2, 0.25) is 5.91 Å². The molecule has 110 valence electrons. The van der Waals surface area contributed by atoms with Crippen molar-refractivity contribution < 1.29 is 4.79 Å². The minimum atomic E-state index is 0.0405. The number of thioether (sulfide) groups is 1. The molecule has 20 heavy (non-hydrogen) atoms. The second-order valence-corrected chi connectivity index (χ2v) is 6.98. The minimum Gasteiger partial charge on any atom is -0.397 e. The Kier molecular flexibility index (Phi) is 6.05. The molecule has 2 rings (SSSR count). The zero-order chi connectivity index (χ0) is 14.4. The van der Waals surface area contributed by atoms with Crippen LogP contribution in [0.4, 0.5) is 11.4 Å². The van der Waals surface area contributed by atoms with E-state index in [1.807, 2.05) is 11.8 Å². The monoisotopic (exact) mass is 312 g/mol. The Morgan fingerprint density at radius 3 is 2.85 bits per heavy atom. The highest BCUT2D eigenvalue weighted by molar-refractivity contribution is 7.99. The Morgan fingerprint density at radius 2 is 2.15 bits per heavy atom. The van der Waals surface area contributed by atoms with E-state index < -0.39 is 0 Å². The van der Waals surface area contributed by atoms with Crippen LogP contribution in [-0.4, -0.2) is 16.9 Å². The molecule has 0 unspecified atom stereocenters. The Morgan fingerprint density at radius 1 is 1.40 bits per heavy atom. The molecular formula is C15H21ClN2OS. The summed E-state index contributed by atoms with van der Waals surface area (Å²) in [4.78, 5) is 11.8. The summed E-state index contributed by atoms with van der Waals surface area (Å²) in [6.45, 7) is 0. The summed E-state index contributed by atoms with van der Waals surface area (Å²) in [6.07, 6.45) is 6.92. The molecule has 0 heterocycles. The van der Waals surface area contributed by atoms with E-state index in [0.29, 0.717) is 22.8 Å². The third-order valence-electron chi connectivity index (χ3n) is 3.48. The molecule has 0 spiro atoms. The molecule has 1 aliphatic rings. The van der Waals surface area contributed by atoms with Gasteiger partial charge in [0.25, 0.3) is 0 Å². The van der Waals surface area contributed by atoms with Crippen molar-refractivity contribution in [2.24, 2.45) is 0 Å². The highest BCUT2D eigenvalue weighted by atomic mass is 35.5. The van der Waals surface area contributed by atoms with Crippen molar-refractivity contribution in [3.63, 3.8) is 0 Å². The number of amides is 1. The zero-order valence-electron chi connectivity index (χ0n) is 11.5. The van der Waals surface area contributed by atoms with Crippen molar-refractivity contribution in [3.8, 4) is 0 Å². The SMILES string of the molecule is Nc1cc(NC(=O)CCCSC2CCCC2)ccc1Cl. The van der Waals surface area contributed by atoms with Crippen molar-refractivity contribution in [2.45, 2.75) is 43.8 Å². The van der Waals surface area contributed by atoms with E-state index in [-0.39, 0.29) is 5.91 Å². The Bertz CT molecular complexity index is 461. The van der Waals surface area contributed by atoms with Crippen molar-refractivity contribution in [1.29, 1.82) is 0 Å². The van der Waals surface area contributed by atoms with Crippen LogP contribution in [0.3, 0.4) is 0 Å². The quantitative estimate of drug-likeness (QED) is 0.607. The first-order valence-electron chi connectivity index (χ1n) is 7.11. The van der Waals surface area contributed by atoms with Crippen molar-refractivity contribution in [3.05, 3.63) is 23.2 Å². The molecule has 0 saturated heterocycles. The van der Waals surface area contributed by atoms with E-state index in [2.05, 4.69) is 5.32 Å². The first-order valence-corrected chi connectivity index (χ1v) is 8.54. The van der Waals surface area contributed by atoms with Crippen molar-refractivity contribution in [2.75, 3.05) is 16.8 Å². The summed E-state index contributed by atoms with van der Waals surface area (Å²) >= 11 is 7.86. The molecule has 0 atom stereocenters. The highest BCUT2D eigenvalue weighted by Gasteiger charge is 2.14. The topological polar surface area (TPSA) is 55.1 Å². The molecule has 3 N–H and O–H groups in total. The number of rotatable bonds is 6. The molecule has 5 heteroatoms. The standard InChI is InChI=1S/C15H21ClN2OS/c16-13-8-7-11(10-14(13)17)18-15(19)6-3-9-20-12-4-1-2-5-12/h7-8,10,12H,1-6,9,17H2,(H,18,19). The van der Waals surface area contributed by atoms with Gasteiger partial charge in [0, 0.05) is 17.4 Å². The predicted molar refractivity (Wildman–Crippen MR) is 88.4 cm³/mol. The van der Waals surface area contributed by atoms with Gasteiger partial charge in [-0.2, -0.15) is 11.8 Å². The summed E-state index contributed by atoms with van der Waals surface area (Å²) in [6, 6.07) is 5.15. The average molecular weight is 313 g/mol. The lowest BCUT2D eigenvalue weighted by Crippen LogP contribution is -2.12. The number of anilines is 2. The van der Waals surface area contributed by atoms with Crippen LogP contribution in [-0.2, 0) is 4.79 Å². The molecule has 1 amide bonds. The van der Waals surface area contributed by atoms with Gasteiger partial charge in [-0.3, -0.25) is 4.79 Å². The van der Waals surface area contributed by atoms with Crippen molar-refractivity contribution in [1.82, 2.24) is 0 Å².